The minimum atomic E-state index is -2.09. The molecule has 0 aromatic rings. The standard InChI is InChI=1S/C20H24O8/c1-16(2,23)19-13-12(21)20(25)17(3)5-4-8-9(7-26-14(8)22)10(17)6-11(27-13)18(20,24)15(19)28-19/h10-11,13,15,23-25H,4-7H2,1-3H3/t10-,11+,13-,15+,17-,18+,19-,20+/m0/s1. The fraction of sp³-hybridized carbons (Fsp3) is 0.800. The van der Waals surface area contributed by atoms with Gasteiger partial charge in [-0.3, -0.25) is 4.79 Å². The molecule has 4 bridgehead atoms. The molecule has 8 heteroatoms. The average Bonchev–Trinajstić information content (AvgIpc) is 3.30. The third-order valence-corrected chi connectivity index (χ3v) is 8.71. The van der Waals surface area contributed by atoms with Crippen LogP contribution in [0, 0.1) is 11.3 Å². The maximum absolute atomic E-state index is 13.6. The number of fused-ring (bicyclic) bond motifs is 2. The molecule has 7 aliphatic rings. The number of ketones is 1. The topological polar surface area (TPSA) is 126 Å². The molecule has 0 radical (unpaired) electrons. The van der Waals surface area contributed by atoms with Gasteiger partial charge in [0.25, 0.3) is 0 Å². The minimum Gasteiger partial charge on any atom is -0.458 e. The molecule has 4 aliphatic heterocycles. The van der Waals surface area contributed by atoms with Gasteiger partial charge in [0.15, 0.2) is 28.7 Å². The van der Waals surface area contributed by atoms with Crippen LogP contribution >= 0.6 is 0 Å². The van der Waals surface area contributed by atoms with Crippen molar-refractivity contribution in [2.24, 2.45) is 11.3 Å². The van der Waals surface area contributed by atoms with E-state index in [0.717, 1.165) is 5.57 Å². The summed E-state index contributed by atoms with van der Waals surface area (Å²) in [5, 5.41) is 34.4. The monoisotopic (exact) mass is 392 g/mol. The number of Topliss-reactive ketones (excluding diaryl/α,β-unsaturated/α-hetero) is 1. The molecule has 3 N–H and O–H groups in total. The predicted molar refractivity (Wildman–Crippen MR) is 90.9 cm³/mol. The van der Waals surface area contributed by atoms with Crippen LogP contribution in [0.4, 0.5) is 0 Å². The maximum atomic E-state index is 13.6. The Balaban J connectivity index is 1.54. The van der Waals surface area contributed by atoms with Crippen molar-refractivity contribution in [3.63, 3.8) is 0 Å². The molecule has 28 heavy (non-hydrogen) atoms. The summed E-state index contributed by atoms with van der Waals surface area (Å²) in [6.07, 6.45) is -1.74. The van der Waals surface area contributed by atoms with E-state index in [-0.39, 0.29) is 18.5 Å². The number of hydrogen-bond donors (Lipinski definition) is 3. The second-order valence-electron chi connectivity index (χ2n) is 10.0. The van der Waals surface area contributed by atoms with E-state index in [4.69, 9.17) is 14.2 Å². The number of epoxide rings is 1. The largest absolute Gasteiger partial charge is 0.458 e. The van der Waals surface area contributed by atoms with Crippen LogP contribution in [0.3, 0.4) is 0 Å². The summed E-state index contributed by atoms with van der Waals surface area (Å²) in [6.45, 7) is 5.01. The second-order valence-corrected chi connectivity index (χ2v) is 10.0. The lowest BCUT2D eigenvalue weighted by atomic mass is 9.41. The molecule has 3 saturated heterocycles. The van der Waals surface area contributed by atoms with Gasteiger partial charge in [-0.05, 0) is 44.6 Å². The first-order valence-corrected chi connectivity index (χ1v) is 9.88. The highest BCUT2D eigenvalue weighted by atomic mass is 16.7. The fourth-order valence-electron chi connectivity index (χ4n) is 7.16. The number of rotatable bonds is 1. The van der Waals surface area contributed by atoms with E-state index in [1.807, 2.05) is 6.92 Å². The maximum Gasteiger partial charge on any atom is 0.334 e. The molecule has 7 rings (SSSR count). The zero-order valence-corrected chi connectivity index (χ0v) is 16.0. The van der Waals surface area contributed by atoms with E-state index in [1.54, 1.807) is 0 Å². The van der Waals surface area contributed by atoms with Crippen molar-refractivity contribution in [2.75, 3.05) is 6.61 Å². The zero-order chi connectivity index (χ0) is 20.1. The van der Waals surface area contributed by atoms with E-state index in [1.165, 1.54) is 13.8 Å². The number of cyclic esters (lactones) is 1. The molecule has 3 aliphatic carbocycles. The summed E-state index contributed by atoms with van der Waals surface area (Å²) >= 11 is 0. The molecule has 0 spiro atoms. The second kappa shape index (κ2) is 4.39. The van der Waals surface area contributed by atoms with Gasteiger partial charge in [-0.2, -0.15) is 0 Å². The van der Waals surface area contributed by atoms with Gasteiger partial charge >= 0.3 is 5.97 Å². The van der Waals surface area contributed by atoms with Crippen molar-refractivity contribution in [1.29, 1.82) is 0 Å². The van der Waals surface area contributed by atoms with Crippen molar-refractivity contribution in [2.45, 2.75) is 80.7 Å². The number of esters is 1. The molecule has 2 saturated carbocycles. The highest BCUT2D eigenvalue weighted by Gasteiger charge is 2.94. The number of ether oxygens (including phenoxy) is 3. The summed E-state index contributed by atoms with van der Waals surface area (Å²) < 4.78 is 17.0. The predicted octanol–water partition coefficient (Wildman–Crippen LogP) is -0.619. The molecule has 5 fully saturated rings. The number of hydrogen-bond acceptors (Lipinski definition) is 8. The van der Waals surface area contributed by atoms with E-state index in [2.05, 4.69) is 0 Å². The Hall–Kier alpha value is -1.32. The van der Waals surface area contributed by atoms with Crippen molar-refractivity contribution >= 4 is 11.8 Å². The van der Waals surface area contributed by atoms with Crippen molar-refractivity contribution in [3.05, 3.63) is 11.1 Å². The van der Waals surface area contributed by atoms with Gasteiger partial charge in [-0.25, -0.2) is 4.79 Å². The van der Waals surface area contributed by atoms with Crippen LogP contribution in [0.1, 0.15) is 40.0 Å². The Kier molecular flexibility index (Phi) is 2.75. The average molecular weight is 392 g/mol. The van der Waals surface area contributed by atoms with E-state index < -0.39 is 51.9 Å². The van der Waals surface area contributed by atoms with E-state index in [0.29, 0.717) is 24.8 Å². The van der Waals surface area contributed by atoms with Crippen molar-refractivity contribution in [1.82, 2.24) is 0 Å². The summed E-state index contributed by atoms with van der Waals surface area (Å²) in [5.41, 5.74) is -6.36. The highest BCUT2D eigenvalue weighted by Crippen LogP contribution is 2.73. The van der Waals surface area contributed by atoms with Gasteiger partial charge in [-0.15, -0.1) is 0 Å². The number of aliphatic hydroxyl groups is 3. The summed E-state index contributed by atoms with van der Waals surface area (Å²) in [5.74, 6) is -1.28. The lowest BCUT2D eigenvalue weighted by Crippen LogP contribution is -2.89. The molecule has 0 amide bonds. The molecule has 8 nitrogen and oxygen atoms in total. The Labute approximate surface area is 161 Å². The number of carbonyl (C=O) groups excluding carboxylic acids is 2. The normalized spacial score (nSPS) is 56.2. The number of carbonyl (C=O) groups is 2. The van der Waals surface area contributed by atoms with Crippen LogP contribution < -0.4 is 0 Å². The highest BCUT2D eigenvalue weighted by molar-refractivity contribution is 5.99. The Morgan fingerprint density at radius 2 is 1.93 bits per heavy atom. The molecule has 8 atom stereocenters. The third-order valence-electron chi connectivity index (χ3n) is 8.71. The Morgan fingerprint density at radius 1 is 1.21 bits per heavy atom. The van der Waals surface area contributed by atoms with Gasteiger partial charge in [-0.1, -0.05) is 6.92 Å². The smallest absolute Gasteiger partial charge is 0.334 e. The van der Waals surface area contributed by atoms with E-state index >= 15 is 0 Å². The fourth-order valence-corrected chi connectivity index (χ4v) is 7.16. The third kappa shape index (κ3) is 1.39. The van der Waals surface area contributed by atoms with Crippen LogP contribution in [0.5, 0.6) is 0 Å². The van der Waals surface area contributed by atoms with Gasteiger partial charge in [0, 0.05) is 11.0 Å². The minimum absolute atomic E-state index is 0.154. The van der Waals surface area contributed by atoms with Crippen molar-refractivity contribution < 1.29 is 39.1 Å². The molecule has 4 heterocycles. The first kappa shape index (κ1) is 17.5. The zero-order valence-electron chi connectivity index (χ0n) is 16.0. The molecular formula is C20H24O8. The van der Waals surface area contributed by atoms with Gasteiger partial charge in [0.2, 0.25) is 0 Å². The van der Waals surface area contributed by atoms with E-state index in [9.17, 15) is 24.9 Å². The lowest BCUT2D eigenvalue weighted by Gasteiger charge is -2.68. The first-order valence-electron chi connectivity index (χ1n) is 9.88. The molecule has 0 aromatic heterocycles. The van der Waals surface area contributed by atoms with Gasteiger partial charge < -0.3 is 29.5 Å². The molecule has 0 unspecified atom stereocenters. The summed E-state index contributed by atoms with van der Waals surface area (Å²) in [7, 11) is 0. The van der Waals surface area contributed by atoms with Gasteiger partial charge in [0.05, 0.1) is 11.7 Å². The molecule has 152 valence electrons. The SMILES string of the molecule is CC(C)(O)[C@@]12O[C@@H]1[C@]1(O)[C@H]3C[C@H]4C5=C(CC[C@]4(C)[C@]1(O)C(=O)[C@@H]2O3)C(=O)OC5. The quantitative estimate of drug-likeness (QED) is 0.398. The van der Waals surface area contributed by atoms with Crippen LogP contribution in [0.25, 0.3) is 0 Å². The first-order chi connectivity index (χ1) is 12.9. The Morgan fingerprint density at radius 3 is 2.61 bits per heavy atom. The lowest BCUT2D eigenvalue weighted by molar-refractivity contribution is -0.337. The summed E-state index contributed by atoms with van der Waals surface area (Å²) in [6, 6.07) is 0. The van der Waals surface area contributed by atoms with Crippen LogP contribution in [0.15, 0.2) is 11.1 Å². The van der Waals surface area contributed by atoms with Crippen LogP contribution in [-0.2, 0) is 23.8 Å². The molecule has 0 aromatic carbocycles. The van der Waals surface area contributed by atoms with Gasteiger partial charge in [0.1, 0.15) is 12.7 Å². The van der Waals surface area contributed by atoms with Crippen LogP contribution in [0.2, 0.25) is 0 Å². The van der Waals surface area contributed by atoms with Crippen LogP contribution in [-0.4, -0.2) is 74.4 Å². The Bertz CT molecular complexity index is 887. The van der Waals surface area contributed by atoms with Crippen molar-refractivity contribution in [3.8, 4) is 0 Å². The molecular weight excluding hydrogens is 368 g/mol. The summed E-state index contributed by atoms with van der Waals surface area (Å²) in [4.78, 5) is 25.6.